The topological polar surface area (TPSA) is 60.2 Å². The van der Waals surface area contributed by atoms with Gasteiger partial charge in [-0.2, -0.15) is 0 Å². The summed E-state index contributed by atoms with van der Waals surface area (Å²) in [5.41, 5.74) is 5.02. The van der Waals surface area contributed by atoms with Gasteiger partial charge >= 0.3 is 0 Å². The van der Waals surface area contributed by atoms with Crippen molar-refractivity contribution in [3.63, 3.8) is 0 Å². The van der Waals surface area contributed by atoms with E-state index < -0.39 is 16.2 Å². The first-order valence-electron chi connectivity index (χ1n) is 4.64. The van der Waals surface area contributed by atoms with E-state index in [1.165, 1.54) is 0 Å². The summed E-state index contributed by atoms with van der Waals surface area (Å²) >= 11 is 0. The summed E-state index contributed by atoms with van der Waals surface area (Å²) in [6, 6.07) is 0. The molecule has 1 rings (SSSR count). The average molecular weight is 203 g/mol. The van der Waals surface area contributed by atoms with Gasteiger partial charge in [0.15, 0.2) is 0 Å². The Morgan fingerprint density at radius 2 is 1.85 bits per heavy atom. The highest BCUT2D eigenvalue weighted by atomic mass is 32.2. The van der Waals surface area contributed by atoms with Gasteiger partial charge in [-0.3, -0.25) is 9.00 Å². The lowest BCUT2D eigenvalue weighted by molar-refractivity contribution is -0.130. The van der Waals surface area contributed by atoms with E-state index in [4.69, 9.17) is 5.73 Å². The van der Waals surface area contributed by atoms with Crippen molar-refractivity contribution in [3.05, 3.63) is 0 Å². The molecule has 1 heterocycles. The maximum atomic E-state index is 11.3. The molecular formula is C9H17NO2S. The zero-order valence-electron chi connectivity index (χ0n) is 8.21. The Balaban J connectivity index is 2.81. The molecule has 0 saturated carbocycles. The molecule has 0 atom stereocenters. The molecule has 0 radical (unpaired) electrons. The summed E-state index contributed by atoms with van der Waals surface area (Å²) in [6.07, 6.45) is 1.37. The third-order valence-electron chi connectivity index (χ3n) is 3.15. The first-order chi connectivity index (χ1) is 5.99. The standard InChI is InChI=1S/C9H17NO2S/c1-7(2)9(8(10)11)3-5-13(12)6-4-9/h7H,3-6H2,1-2H3,(H2,10,11). The van der Waals surface area contributed by atoms with Crippen LogP contribution in [0.2, 0.25) is 0 Å². The first-order valence-corrected chi connectivity index (χ1v) is 6.13. The molecule has 4 heteroatoms. The zero-order chi connectivity index (χ0) is 10.1. The van der Waals surface area contributed by atoms with Gasteiger partial charge in [-0.15, -0.1) is 0 Å². The Morgan fingerprint density at radius 3 is 2.15 bits per heavy atom. The fourth-order valence-electron chi connectivity index (χ4n) is 1.93. The monoisotopic (exact) mass is 203 g/mol. The summed E-state index contributed by atoms with van der Waals surface area (Å²) in [5.74, 6) is 1.28. The number of nitrogens with two attached hydrogens (primary N) is 1. The van der Waals surface area contributed by atoms with Crippen LogP contribution in [0.5, 0.6) is 0 Å². The molecule has 0 aromatic carbocycles. The Hall–Kier alpha value is -0.380. The van der Waals surface area contributed by atoms with Gasteiger partial charge < -0.3 is 5.73 Å². The summed E-state index contributed by atoms with van der Waals surface area (Å²) in [5, 5.41) is 0. The largest absolute Gasteiger partial charge is 0.369 e. The number of hydrogen-bond acceptors (Lipinski definition) is 2. The van der Waals surface area contributed by atoms with Crippen LogP contribution in [0.4, 0.5) is 0 Å². The van der Waals surface area contributed by atoms with Crippen molar-refractivity contribution < 1.29 is 9.00 Å². The molecule has 0 aromatic rings. The second-order valence-corrected chi connectivity index (χ2v) is 5.72. The number of amides is 1. The molecule has 1 amide bonds. The van der Waals surface area contributed by atoms with Gasteiger partial charge in [0.05, 0.1) is 5.41 Å². The van der Waals surface area contributed by atoms with Crippen LogP contribution in [0.15, 0.2) is 0 Å². The predicted molar refractivity (Wildman–Crippen MR) is 53.6 cm³/mol. The smallest absolute Gasteiger partial charge is 0.223 e. The summed E-state index contributed by atoms with van der Waals surface area (Å²) in [7, 11) is -0.728. The molecule has 1 aliphatic rings. The Labute approximate surface area is 81.5 Å². The lowest BCUT2D eigenvalue weighted by Crippen LogP contribution is -2.46. The van der Waals surface area contributed by atoms with E-state index in [9.17, 15) is 9.00 Å². The SMILES string of the molecule is CC(C)C1(C(N)=O)CCS(=O)CC1. The van der Waals surface area contributed by atoms with Crippen molar-refractivity contribution in [2.75, 3.05) is 11.5 Å². The van der Waals surface area contributed by atoms with Crippen molar-refractivity contribution in [1.82, 2.24) is 0 Å². The van der Waals surface area contributed by atoms with Crippen LogP contribution >= 0.6 is 0 Å². The van der Waals surface area contributed by atoms with E-state index >= 15 is 0 Å². The normalized spacial score (nSPS) is 34.8. The number of primary amides is 1. The average Bonchev–Trinajstić information content (AvgIpc) is 2.04. The maximum absolute atomic E-state index is 11.3. The van der Waals surface area contributed by atoms with Crippen molar-refractivity contribution in [3.8, 4) is 0 Å². The van der Waals surface area contributed by atoms with Crippen molar-refractivity contribution in [2.24, 2.45) is 17.1 Å². The molecule has 1 saturated heterocycles. The first kappa shape index (κ1) is 10.7. The molecule has 13 heavy (non-hydrogen) atoms. The van der Waals surface area contributed by atoms with E-state index in [0.29, 0.717) is 24.3 Å². The Bertz CT molecular complexity index is 228. The fourth-order valence-corrected chi connectivity index (χ4v) is 3.32. The van der Waals surface area contributed by atoms with Gasteiger partial charge in [0, 0.05) is 22.3 Å². The van der Waals surface area contributed by atoms with Crippen molar-refractivity contribution in [1.29, 1.82) is 0 Å². The van der Waals surface area contributed by atoms with Crippen LogP contribution < -0.4 is 5.73 Å². The second-order valence-electron chi connectivity index (χ2n) is 4.02. The number of rotatable bonds is 2. The molecule has 1 fully saturated rings. The Morgan fingerprint density at radius 1 is 1.38 bits per heavy atom. The van der Waals surface area contributed by atoms with Gasteiger partial charge in [0.1, 0.15) is 0 Å². The third kappa shape index (κ3) is 1.93. The van der Waals surface area contributed by atoms with Crippen LogP contribution in [0.25, 0.3) is 0 Å². The molecule has 0 spiro atoms. The summed E-state index contributed by atoms with van der Waals surface area (Å²) < 4.78 is 11.2. The van der Waals surface area contributed by atoms with Gasteiger partial charge in [-0.1, -0.05) is 13.8 Å². The highest BCUT2D eigenvalue weighted by Gasteiger charge is 2.42. The third-order valence-corrected chi connectivity index (χ3v) is 4.47. The summed E-state index contributed by atoms with van der Waals surface area (Å²) in [6.45, 7) is 4.03. The predicted octanol–water partition coefficient (Wildman–Crippen LogP) is 0.657. The van der Waals surface area contributed by atoms with E-state index in [-0.39, 0.29) is 11.8 Å². The van der Waals surface area contributed by atoms with Crippen LogP contribution in [0.3, 0.4) is 0 Å². The molecule has 3 nitrogen and oxygen atoms in total. The van der Waals surface area contributed by atoms with E-state index in [0.717, 1.165) is 0 Å². The second kappa shape index (κ2) is 3.78. The van der Waals surface area contributed by atoms with E-state index in [1.807, 2.05) is 13.8 Å². The zero-order valence-corrected chi connectivity index (χ0v) is 9.02. The highest BCUT2D eigenvalue weighted by Crippen LogP contribution is 2.38. The minimum Gasteiger partial charge on any atom is -0.369 e. The number of hydrogen-bond donors (Lipinski definition) is 1. The van der Waals surface area contributed by atoms with Gasteiger partial charge in [0.2, 0.25) is 5.91 Å². The number of carbonyl (C=O) groups is 1. The molecular weight excluding hydrogens is 186 g/mol. The van der Waals surface area contributed by atoms with Gasteiger partial charge in [0.25, 0.3) is 0 Å². The number of carbonyl (C=O) groups excluding carboxylic acids is 1. The van der Waals surface area contributed by atoms with Crippen LogP contribution in [-0.2, 0) is 15.6 Å². The molecule has 76 valence electrons. The molecule has 1 aliphatic heterocycles. The fraction of sp³-hybridized carbons (Fsp3) is 0.889. The quantitative estimate of drug-likeness (QED) is 0.716. The molecule has 0 unspecified atom stereocenters. The summed E-state index contributed by atoms with van der Waals surface area (Å²) in [4.78, 5) is 11.3. The maximum Gasteiger partial charge on any atom is 0.223 e. The van der Waals surface area contributed by atoms with Crippen LogP contribution in [-0.4, -0.2) is 21.6 Å². The molecule has 2 N–H and O–H groups in total. The molecule has 0 aromatic heterocycles. The van der Waals surface area contributed by atoms with Crippen molar-refractivity contribution >= 4 is 16.7 Å². The lowest BCUT2D eigenvalue weighted by Gasteiger charge is -2.37. The van der Waals surface area contributed by atoms with Gasteiger partial charge in [-0.05, 0) is 18.8 Å². The van der Waals surface area contributed by atoms with E-state index in [1.54, 1.807) is 0 Å². The minimum atomic E-state index is -0.728. The highest BCUT2D eigenvalue weighted by molar-refractivity contribution is 7.85. The van der Waals surface area contributed by atoms with E-state index in [2.05, 4.69) is 0 Å². The minimum absolute atomic E-state index is 0.223. The van der Waals surface area contributed by atoms with Crippen LogP contribution in [0, 0.1) is 11.3 Å². The lowest BCUT2D eigenvalue weighted by atomic mass is 9.72. The molecule has 0 bridgehead atoms. The Kier molecular flexibility index (Phi) is 3.11. The molecule has 0 aliphatic carbocycles. The van der Waals surface area contributed by atoms with Gasteiger partial charge in [-0.25, -0.2) is 0 Å². The van der Waals surface area contributed by atoms with Crippen molar-refractivity contribution in [2.45, 2.75) is 26.7 Å². The van der Waals surface area contributed by atoms with Crippen LogP contribution in [0.1, 0.15) is 26.7 Å².